The highest BCUT2D eigenvalue weighted by Gasteiger charge is 2.28. The second-order valence-electron chi connectivity index (χ2n) is 4.64. The Bertz CT molecular complexity index is 334. The molecular formula is C12H18ClNOS. The number of hydrogen-bond acceptors (Lipinski definition) is 3. The van der Waals surface area contributed by atoms with E-state index in [0.717, 1.165) is 23.8 Å². The molecule has 0 spiro atoms. The third-order valence-corrected chi connectivity index (χ3v) is 4.85. The zero-order chi connectivity index (χ0) is 11.5. The van der Waals surface area contributed by atoms with Crippen LogP contribution in [0.15, 0.2) is 6.20 Å². The lowest BCUT2D eigenvalue weighted by Gasteiger charge is -2.30. The molecule has 2 nitrogen and oxygen atoms in total. The maximum absolute atomic E-state index is 10.2. The molecule has 0 aromatic carbocycles. The number of halogens is 1. The zero-order valence-corrected chi connectivity index (χ0v) is 11.1. The van der Waals surface area contributed by atoms with E-state index in [0.29, 0.717) is 10.3 Å². The molecule has 0 bridgehead atoms. The van der Waals surface area contributed by atoms with Gasteiger partial charge in [0.1, 0.15) is 15.4 Å². The van der Waals surface area contributed by atoms with Crippen LogP contribution < -0.4 is 0 Å². The second-order valence-corrected chi connectivity index (χ2v) is 6.33. The van der Waals surface area contributed by atoms with E-state index >= 15 is 0 Å². The number of nitrogens with zero attached hydrogens (tertiary/aromatic N) is 1. The minimum Gasteiger partial charge on any atom is -0.386 e. The summed E-state index contributed by atoms with van der Waals surface area (Å²) in [5.41, 5.74) is 0. The highest BCUT2D eigenvalue weighted by molar-refractivity contribution is 7.15. The van der Waals surface area contributed by atoms with Crippen molar-refractivity contribution >= 4 is 22.9 Å². The van der Waals surface area contributed by atoms with E-state index in [1.807, 2.05) is 0 Å². The molecule has 1 N–H and O–H groups in total. The SMILES string of the molecule is CCC1CCC(C(O)c2ncc(Cl)s2)CC1. The van der Waals surface area contributed by atoms with Crippen LogP contribution in [0.4, 0.5) is 0 Å². The van der Waals surface area contributed by atoms with Crippen LogP contribution in [0.1, 0.15) is 50.1 Å². The Kier molecular flexibility index (Phi) is 4.22. The summed E-state index contributed by atoms with van der Waals surface area (Å²) in [7, 11) is 0. The van der Waals surface area contributed by atoms with Gasteiger partial charge in [-0.3, -0.25) is 0 Å². The van der Waals surface area contributed by atoms with E-state index in [1.54, 1.807) is 6.20 Å². The van der Waals surface area contributed by atoms with Gasteiger partial charge in [-0.25, -0.2) is 4.98 Å². The smallest absolute Gasteiger partial charge is 0.123 e. The quantitative estimate of drug-likeness (QED) is 0.889. The van der Waals surface area contributed by atoms with Gasteiger partial charge in [-0.1, -0.05) is 37.8 Å². The molecule has 1 aliphatic carbocycles. The van der Waals surface area contributed by atoms with Gasteiger partial charge in [0.25, 0.3) is 0 Å². The molecule has 1 saturated carbocycles. The molecule has 1 aromatic rings. The lowest BCUT2D eigenvalue weighted by atomic mass is 9.78. The number of rotatable bonds is 3. The van der Waals surface area contributed by atoms with Crippen molar-refractivity contribution in [2.24, 2.45) is 11.8 Å². The fourth-order valence-corrected chi connectivity index (χ4v) is 3.53. The monoisotopic (exact) mass is 259 g/mol. The number of hydrogen-bond donors (Lipinski definition) is 1. The normalized spacial score (nSPS) is 27.9. The van der Waals surface area contributed by atoms with Crippen LogP contribution in [0.2, 0.25) is 4.34 Å². The largest absolute Gasteiger partial charge is 0.386 e. The van der Waals surface area contributed by atoms with Crippen LogP contribution >= 0.6 is 22.9 Å². The minimum absolute atomic E-state index is 0.380. The summed E-state index contributed by atoms with van der Waals surface area (Å²) in [4.78, 5) is 4.17. The lowest BCUT2D eigenvalue weighted by molar-refractivity contribution is 0.0727. The third kappa shape index (κ3) is 2.76. The Hall–Kier alpha value is -0.120. The summed E-state index contributed by atoms with van der Waals surface area (Å²) < 4.78 is 0.663. The summed E-state index contributed by atoms with van der Waals surface area (Å²) in [6, 6.07) is 0. The molecule has 1 heterocycles. The molecule has 2 rings (SSSR count). The van der Waals surface area contributed by atoms with Gasteiger partial charge in [-0.2, -0.15) is 0 Å². The van der Waals surface area contributed by atoms with Crippen molar-refractivity contribution in [1.82, 2.24) is 4.98 Å². The van der Waals surface area contributed by atoms with Crippen molar-refractivity contribution in [1.29, 1.82) is 0 Å². The summed E-state index contributed by atoms with van der Waals surface area (Å²) in [5.74, 6) is 1.24. The first kappa shape index (κ1) is 12.3. The molecule has 1 unspecified atom stereocenters. The first-order valence-corrected chi connectivity index (χ1v) is 7.19. The molecule has 0 amide bonds. The first-order valence-electron chi connectivity index (χ1n) is 6.00. The number of aromatic nitrogens is 1. The van der Waals surface area contributed by atoms with Gasteiger partial charge in [0.15, 0.2) is 0 Å². The Labute approximate surface area is 106 Å². The van der Waals surface area contributed by atoms with Crippen LogP contribution in [-0.4, -0.2) is 10.1 Å². The Balaban J connectivity index is 1.93. The Morgan fingerprint density at radius 2 is 2.19 bits per heavy atom. The van der Waals surface area contributed by atoms with Crippen LogP contribution in [0.3, 0.4) is 0 Å². The Morgan fingerprint density at radius 1 is 1.50 bits per heavy atom. The number of thiazole rings is 1. The van der Waals surface area contributed by atoms with E-state index in [4.69, 9.17) is 11.6 Å². The molecule has 0 aliphatic heterocycles. The summed E-state index contributed by atoms with van der Waals surface area (Å²) in [5, 5.41) is 11.0. The zero-order valence-electron chi connectivity index (χ0n) is 9.53. The maximum Gasteiger partial charge on any atom is 0.123 e. The van der Waals surface area contributed by atoms with Crippen molar-refractivity contribution in [3.8, 4) is 0 Å². The first-order chi connectivity index (χ1) is 7.70. The van der Waals surface area contributed by atoms with Crippen molar-refractivity contribution in [2.45, 2.75) is 45.1 Å². The molecule has 1 fully saturated rings. The predicted molar refractivity (Wildman–Crippen MR) is 67.8 cm³/mol. The molecular weight excluding hydrogens is 242 g/mol. The molecule has 1 aromatic heterocycles. The molecule has 90 valence electrons. The molecule has 0 radical (unpaired) electrons. The van der Waals surface area contributed by atoms with Crippen molar-refractivity contribution in [3.05, 3.63) is 15.5 Å². The van der Waals surface area contributed by atoms with E-state index in [9.17, 15) is 5.11 Å². The van der Waals surface area contributed by atoms with Crippen molar-refractivity contribution in [3.63, 3.8) is 0 Å². The van der Waals surface area contributed by atoms with Gasteiger partial charge in [0.05, 0.1) is 6.20 Å². The van der Waals surface area contributed by atoms with Gasteiger partial charge in [0, 0.05) is 0 Å². The van der Waals surface area contributed by atoms with Crippen LogP contribution in [-0.2, 0) is 0 Å². The molecule has 4 heteroatoms. The van der Waals surface area contributed by atoms with Gasteiger partial charge in [0.2, 0.25) is 0 Å². The lowest BCUT2D eigenvalue weighted by Crippen LogP contribution is -2.20. The van der Waals surface area contributed by atoms with Gasteiger partial charge in [-0.15, -0.1) is 11.3 Å². The fourth-order valence-electron chi connectivity index (χ4n) is 2.52. The second kappa shape index (κ2) is 5.48. The standard InChI is InChI=1S/C12H18ClNOS/c1-2-8-3-5-9(6-4-8)11(15)12-14-7-10(13)16-12/h7-9,11,15H,2-6H2,1H3. The van der Waals surface area contributed by atoms with Crippen LogP contribution in [0.5, 0.6) is 0 Å². The fraction of sp³-hybridized carbons (Fsp3) is 0.750. The van der Waals surface area contributed by atoms with Gasteiger partial charge >= 0.3 is 0 Å². The summed E-state index contributed by atoms with van der Waals surface area (Å²) in [6.07, 6.45) is 7.23. The Morgan fingerprint density at radius 3 is 2.69 bits per heavy atom. The van der Waals surface area contributed by atoms with E-state index in [1.165, 1.54) is 30.6 Å². The summed E-state index contributed by atoms with van der Waals surface area (Å²) in [6.45, 7) is 2.25. The van der Waals surface area contributed by atoms with E-state index in [2.05, 4.69) is 11.9 Å². The van der Waals surface area contributed by atoms with Gasteiger partial charge < -0.3 is 5.11 Å². The van der Waals surface area contributed by atoms with Crippen molar-refractivity contribution < 1.29 is 5.11 Å². The number of aliphatic hydroxyl groups is 1. The summed E-state index contributed by atoms with van der Waals surface area (Å²) >= 11 is 7.23. The molecule has 0 saturated heterocycles. The van der Waals surface area contributed by atoms with Crippen LogP contribution in [0.25, 0.3) is 0 Å². The average molecular weight is 260 g/mol. The van der Waals surface area contributed by atoms with Gasteiger partial charge in [-0.05, 0) is 24.7 Å². The highest BCUT2D eigenvalue weighted by Crippen LogP contribution is 2.39. The highest BCUT2D eigenvalue weighted by atomic mass is 35.5. The van der Waals surface area contributed by atoms with E-state index in [-0.39, 0.29) is 0 Å². The van der Waals surface area contributed by atoms with Crippen LogP contribution in [0, 0.1) is 11.8 Å². The molecule has 1 aliphatic rings. The average Bonchev–Trinajstić information content (AvgIpc) is 2.75. The predicted octanol–water partition coefficient (Wildman–Crippen LogP) is 4.05. The molecule has 16 heavy (non-hydrogen) atoms. The third-order valence-electron chi connectivity index (χ3n) is 3.66. The maximum atomic E-state index is 10.2. The minimum atomic E-state index is -0.407. The molecule has 1 atom stereocenters. The van der Waals surface area contributed by atoms with E-state index < -0.39 is 6.10 Å². The topological polar surface area (TPSA) is 33.1 Å². The number of aliphatic hydroxyl groups excluding tert-OH is 1. The van der Waals surface area contributed by atoms with Crippen molar-refractivity contribution in [2.75, 3.05) is 0 Å².